The molecule has 0 saturated carbocycles. The lowest BCUT2D eigenvalue weighted by Crippen LogP contribution is -2.15. The molecule has 4 aromatic rings. The van der Waals surface area contributed by atoms with E-state index in [1.165, 1.54) is 0 Å². The first kappa shape index (κ1) is 20.0. The first-order chi connectivity index (χ1) is 15.6. The Balaban J connectivity index is 1.49. The molecule has 10 nitrogen and oxygen atoms in total. The second-order valence-electron chi connectivity index (χ2n) is 7.14. The van der Waals surface area contributed by atoms with Crippen molar-refractivity contribution in [1.82, 2.24) is 19.7 Å². The van der Waals surface area contributed by atoms with E-state index in [1.807, 2.05) is 23.6 Å². The van der Waals surface area contributed by atoms with E-state index in [4.69, 9.17) is 28.1 Å². The second-order valence-corrected chi connectivity index (χ2v) is 7.14. The zero-order valence-corrected chi connectivity index (χ0v) is 18.2. The summed E-state index contributed by atoms with van der Waals surface area (Å²) < 4.78 is 35.5. The van der Waals surface area contributed by atoms with Crippen molar-refractivity contribution in [3.05, 3.63) is 36.0 Å². The summed E-state index contributed by atoms with van der Waals surface area (Å²) >= 11 is 0. The summed E-state index contributed by atoms with van der Waals surface area (Å²) in [6.07, 6.45) is 0. The largest absolute Gasteiger partial charge is 0.493 e. The molecule has 166 valence electrons. The maximum atomic E-state index is 5.95. The maximum absolute atomic E-state index is 5.95. The normalized spacial score (nSPS) is 12.8. The maximum Gasteiger partial charge on any atom is 0.248 e. The molecule has 1 aliphatic rings. The average molecular weight is 438 g/mol. The van der Waals surface area contributed by atoms with Gasteiger partial charge in [0.1, 0.15) is 25.6 Å². The third-order valence-corrected chi connectivity index (χ3v) is 5.27. The summed E-state index contributed by atoms with van der Waals surface area (Å²) in [5.74, 6) is 4.50. The Morgan fingerprint density at radius 2 is 1.59 bits per heavy atom. The highest BCUT2D eigenvalue weighted by molar-refractivity contribution is 5.81. The third kappa shape index (κ3) is 3.33. The Bertz CT molecular complexity index is 1270. The van der Waals surface area contributed by atoms with Crippen LogP contribution in [-0.4, -0.2) is 54.3 Å². The smallest absolute Gasteiger partial charge is 0.248 e. The number of methoxy groups -OCH3 is 3. The topological polar surface area (TPSA) is 103 Å². The van der Waals surface area contributed by atoms with Gasteiger partial charge in [-0.15, -0.1) is 10.2 Å². The highest BCUT2D eigenvalue weighted by Crippen LogP contribution is 2.41. The highest BCUT2D eigenvalue weighted by Gasteiger charge is 2.20. The SMILES string of the molecule is COc1cc(-c2nnc(Cn3c(C)nc4cc5c(cc43)OCCO5)o2)cc(OC)c1OC. The molecule has 0 atom stereocenters. The van der Waals surface area contributed by atoms with E-state index in [9.17, 15) is 0 Å². The standard InChI is InChI=1S/C22H22N4O6/c1-12-23-14-9-16-17(31-6-5-30-16)10-15(14)26(12)11-20-24-25-22(32-20)13-7-18(27-2)21(29-4)19(8-13)28-3/h7-10H,5-6,11H2,1-4H3. The number of benzene rings is 2. The molecule has 0 fully saturated rings. The van der Waals surface area contributed by atoms with Crippen molar-refractivity contribution in [3.8, 4) is 40.2 Å². The summed E-state index contributed by atoms with van der Waals surface area (Å²) in [5, 5.41) is 8.43. The van der Waals surface area contributed by atoms with Crippen LogP contribution in [0.5, 0.6) is 28.7 Å². The summed E-state index contributed by atoms with van der Waals surface area (Å²) in [5.41, 5.74) is 2.38. The van der Waals surface area contributed by atoms with Crippen LogP contribution < -0.4 is 23.7 Å². The second kappa shape index (κ2) is 7.95. The van der Waals surface area contributed by atoms with Gasteiger partial charge in [-0.1, -0.05) is 0 Å². The molecule has 0 unspecified atom stereocenters. The molecule has 0 aliphatic carbocycles. The number of aromatic nitrogens is 4. The first-order valence-electron chi connectivity index (χ1n) is 10.0. The fourth-order valence-corrected chi connectivity index (χ4v) is 3.76. The van der Waals surface area contributed by atoms with E-state index >= 15 is 0 Å². The minimum Gasteiger partial charge on any atom is -0.493 e. The van der Waals surface area contributed by atoms with Gasteiger partial charge >= 0.3 is 0 Å². The molecule has 0 amide bonds. The summed E-state index contributed by atoms with van der Waals surface area (Å²) in [6, 6.07) is 7.35. The minimum absolute atomic E-state index is 0.343. The van der Waals surface area contributed by atoms with E-state index in [0.29, 0.717) is 65.9 Å². The van der Waals surface area contributed by atoms with Crippen LogP contribution in [0.15, 0.2) is 28.7 Å². The molecule has 2 aromatic heterocycles. The molecule has 0 saturated heterocycles. The van der Waals surface area contributed by atoms with Gasteiger partial charge in [0.05, 0.1) is 32.4 Å². The fraction of sp³-hybridized carbons (Fsp3) is 0.318. The zero-order chi connectivity index (χ0) is 22.2. The van der Waals surface area contributed by atoms with Gasteiger partial charge in [-0.05, 0) is 19.1 Å². The summed E-state index contributed by atoms with van der Waals surface area (Å²) in [7, 11) is 4.67. The zero-order valence-electron chi connectivity index (χ0n) is 18.2. The van der Waals surface area contributed by atoms with Crippen molar-refractivity contribution >= 4 is 11.0 Å². The molecule has 10 heteroatoms. The predicted molar refractivity (Wildman–Crippen MR) is 114 cm³/mol. The fourth-order valence-electron chi connectivity index (χ4n) is 3.76. The van der Waals surface area contributed by atoms with Gasteiger partial charge in [-0.2, -0.15) is 0 Å². The van der Waals surface area contributed by atoms with Crippen LogP contribution in [0.3, 0.4) is 0 Å². The van der Waals surface area contributed by atoms with E-state index in [1.54, 1.807) is 33.5 Å². The van der Waals surface area contributed by atoms with Crippen LogP contribution in [0.25, 0.3) is 22.5 Å². The van der Waals surface area contributed by atoms with Crippen molar-refractivity contribution < 1.29 is 28.1 Å². The number of ether oxygens (including phenoxy) is 5. The molecule has 3 heterocycles. The summed E-state index contributed by atoms with van der Waals surface area (Å²) in [6.45, 7) is 3.34. The minimum atomic E-state index is 0.343. The van der Waals surface area contributed by atoms with Crippen LogP contribution in [0.1, 0.15) is 11.7 Å². The number of hydrogen-bond donors (Lipinski definition) is 0. The van der Waals surface area contributed by atoms with E-state index in [-0.39, 0.29) is 0 Å². The van der Waals surface area contributed by atoms with Crippen LogP contribution in [0.4, 0.5) is 0 Å². The van der Waals surface area contributed by atoms with Gasteiger partial charge in [0.25, 0.3) is 0 Å². The Morgan fingerprint density at radius 3 is 2.25 bits per heavy atom. The van der Waals surface area contributed by atoms with Crippen LogP contribution in [0, 0.1) is 6.92 Å². The molecule has 0 spiro atoms. The van der Waals surface area contributed by atoms with Crippen molar-refractivity contribution in [2.75, 3.05) is 34.5 Å². The van der Waals surface area contributed by atoms with Crippen LogP contribution in [-0.2, 0) is 6.54 Å². The average Bonchev–Trinajstić information content (AvgIpc) is 3.41. The molecule has 32 heavy (non-hydrogen) atoms. The van der Waals surface area contributed by atoms with E-state index < -0.39 is 0 Å². The molecule has 5 rings (SSSR count). The lowest BCUT2D eigenvalue weighted by molar-refractivity contribution is 0.172. The van der Waals surface area contributed by atoms with Gasteiger partial charge in [-0.3, -0.25) is 0 Å². The third-order valence-electron chi connectivity index (χ3n) is 5.27. The van der Waals surface area contributed by atoms with Crippen molar-refractivity contribution in [3.63, 3.8) is 0 Å². The van der Waals surface area contributed by atoms with Gasteiger partial charge in [-0.25, -0.2) is 4.98 Å². The van der Waals surface area contributed by atoms with Gasteiger partial charge in [0, 0.05) is 17.7 Å². The number of hydrogen-bond acceptors (Lipinski definition) is 9. The highest BCUT2D eigenvalue weighted by atomic mass is 16.6. The van der Waals surface area contributed by atoms with Gasteiger partial charge in [0.2, 0.25) is 17.5 Å². The monoisotopic (exact) mass is 438 g/mol. The van der Waals surface area contributed by atoms with Crippen molar-refractivity contribution in [2.24, 2.45) is 0 Å². The number of nitrogens with zero attached hydrogens (tertiary/aromatic N) is 4. The number of imidazole rings is 1. The number of fused-ring (bicyclic) bond motifs is 2. The first-order valence-corrected chi connectivity index (χ1v) is 10.0. The molecule has 0 radical (unpaired) electrons. The lowest BCUT2D eigenvalue weighted by Gasteiger charge is -2.18. The molecule has 0 bridgehead atoms. The predicted octanol–water partition coefficient (Wildman–Crippen LogP) is 3.24. The number of aryl methyl sites for hydroxylation is 1. The number of rotatable bonds is 6. The molecule has 1 aliphatic heterocycles. The molecule has 2 aromatic carbocycles. The van der Waals surface area contributed by atoms with E-state index in [0.717, 1.165) is 16.9 Å². The van der Waals surface area contributed by atoms with Crippen LogP contribution >= 0.6 is 0 Å². The Morgan fingerprint density at radius 1 is 0.906 bits per heavy atom. The summed E-state index contributed by atoms with van der Waals surface area (Å²) in [4.78, 5) is 4.64. The molecule has 0 N–H and O–H groups in total. The lowest BCUT2D eigenvalue weighted by atomic mass is 10.2. The molecular formula is C22H22N4O6. The van der Waals surface area contributed by atoms with Crippen molar-refractivity contribution in [2.45, 2.75) is 13.5 Å². The van der Waals surface area contributed by atoms with Gasteiger partial charge in [0.15, 0.2) is 23.0 Å². The quantitative estimate of drug-likeness (QED) is 0.449. The Labute approximate surface area is 183 Å². The van der Waals surface area contributed by atoms with Gasteiger partial charge < -0.3 is 32.7 Å². The van der Waals surface area contributed by atoms with Crippen LogP contribution in [0.2, 0.25) is 0 Å². The van der Waals surface area contributed by atoms with Crippen molar-refractivity contribution in [1.29, 1.82) is 0 Å². The Hall–Kier alpha value is -3.95. The molecular weight excluding hydrogens is 416 g/mol. The Kier molecular flexibility index (Phi) is 4.96. The van der Waals surface area contributed by atoms with E-state index in [2.05, 4.69) is 15.2 Å².